The van der Waals surface area contributed by atoms with E-state index < -0.39 is 17.4 Å². The molecule has 2 aliphatic rings. The first-order valence-corrected chi connectivity index (χ1v) is 7.36. The summed E-state index contributed by atoms with van der Waals surface area (Å²) in [5.74, 6) is 0.761. The van der Waals surface area contributed by atoms with Gasteiger partial charge in [0.15, 0.2) is 5.69 Å². The van der Waals surface area contributed by atoms with Gasteiger partial charge in [-0.05, 0) is 25.0 Å². The van der Waals surface area contributed by atoms with Crippen molar-refractivity contribution >= 4 is 23.6 Å². The number of thioether (sulfide) groups is 1. The summed E-state index contributed by atoms with van der Waals surface area (Å²) in [5, 5.41) is 15.6. The highest BCUT2D eigenvalue weighted by molar-refractivity contribution is 7.99. The van der Waals surface area contributed by atoms with Crippen molar-refractivity contribution in [1.82, 2.24) is 10.5 Å². The van der Waals surface area contributed by atoms with E-state index in [9.17, 15) is 14.7 Å². The van der Waals surface area contributed by atoms with Crippen LogP contribution in [0.3, 0.4) is 0 Å². The van der Waals surface area contributed by atoms with Crippen LogP contribution in [-0.4, -0.2) is 39.2 Å². The van der Waals surface area contributed by atoms with Gasteiger partial charge in [-0.15, -0.1) is 0 Å². The van der Waals surface area contributed by atoms with Crippen molar-refractivity contribution in [3.8, 4) is 0 Å². The number of carboxylic acids is 1. The molecule has 7 heteroatoms. The van der Waals surface area contributed by atoms with Gasteiger partial charge in [0.05, 0.1) is 0 Å². The molecule has 1 aromatic heterocycles. The number of aromatic nitrogens is 1. The topological polar surface area (TPSA) is 92.4 Å². The molecular formula is C12H14N2O4S. The number of aliphatic carboxylic acids is 1. The first kappa shape index (κ1) is 12.5. The average molecular weight is 282 g/mol. The Morgan fingerprint density at radius 3 is 2.89 bits per heavy atom. The lowest BCUT2D eigenvalue weighted by Crippen LogP contribution is -2.54. The van der Waals surface area contributed by atoms with Crippen molar-refractivity contribution in [1.29, 1.82) is 0 Å². The van der Waals surface area contributed by atoms with Crippen molar-refractivity contribution in [3.63, 3.8) is 0 Å². The fourth-order valence-electron chi connectivity index (χ4n) is 2.12. The lowest BCUT2D eigenvalue weighted by atomic mass is 9.99. The third-order valence-electron chi connectivity index (χ3n) is 3.52. The molecule has 1 aromatic rings. The van der Waals surface area contributed by atoms with Crippen LogP contribution in [0.15, 0.2) is 10.6 Å². The van der Waals surface area contributed by atoms with Crippen molar-refractivity contribution < 1.29 is 19.2 Å². The van der Waals surface area contributed by atoms with Crippen molar-refractivity contribution in [2.45, 2.75) is 30.7 Å². The maximum Gasteiger partial charge on any atom is 0.330 e. The van der Waals surface area contributed by atoms with Gasteiger partial charge in [0.25, 0.3) is 5.91 Å². The number of carboxylic acid groups (broad SMARTS) is 1. The molecule has 1 aliphatic carbocycles. The average Bonchev–Trinajstić information content (AvgIpc) is 2.93. The Bertz CT molecular complexity index is 518. The quantitative estimate of drug-likeness (QED) is 0.863. The maximum atomic E-state index is 12.1. The first-order chi connectivity index (χ1) is 9.11. The van der Waals surface area contributed by atoms with Gasteiger partial charge in [-0.3, -0.25) is 4.79 Å². The Morgan fingerprint density at radius 1 is 1.53 bits per heavy atom. The minimum Gasteiger partial charge on any atom is -0.479 e. The van der Waals surface area contributed by atoms with E-state index in [1.54, 1.807) is 6.07 Å². The molecule has 0 unspecified atom stereocenters. The predicted molar refractivity (Wildman–Crippen MR) is 68.3 cm³/mol. The molecule has 0 spiro atoms. The lowest BCUT2D eigenvalue weighted by Gasteiger charge is -2.23. The van der Waals surface area contributed by atoms with Gasteiger partial charge in [-0.2, -0.15) is 11.8 Å². The van der Waals surface area contributed by atoms with Gasteiger partial charge in [0, 0.05) is 17.7 Å². The smallest absolute Gasteiger partial charge is 0.330 e. The Balaban J connectivity index is 1.73. The molecule has 1 atom stereocenters. The number of nitrogens with one attached hydrogen (secondary N) is 1. The van der Waals surface area contributed by atoms with Crippen LogP contribution >= 0.6 is 11.8 Å². The number of carbonyl (C=O) groups is 2. The van der Waals surface area contributed by atoms with Gasteiger partial charge in [0.2, 0.25) is 0 Å². The number of hydrogen-bond acceptors (Lipinski definition) is 5. The van der Waals surface area contributed by atoms with Gasteiger partial charge in [-0.25, -0.2) is 4.79 Å². The lowest BCUT2D eigenvalue weighted by molar-refractivity contribution is -0.143. The molecule has 0 bridgehead atoms. The molecule has 102 valence electrons. The SMILES string of the molecule is O=C(N[C@@]1(C(=O)O)CCSC1)c1cc(C2CC2)on1. The zero-order chi connectivity index (χ0) is 13.5. The molecule has 0 radical (unpaired) electrons. The van der Waals surface area contributed by atoms with Crippen LogP contribution in [0, 0.1) is 0 Å². The second-order valence-corrected chi connectivity index (χ2v) is 6.14. The third kappa shape index (κ3) is 2.34. The fraction of sp³-hybridized carbons (Fsp3) is 0.583. The molecule has 1 saturated heterocycles. The third-order valence-corrected chi connectivity index (χ3v) is 4.71. The monoisotopic (exact) mass is 282 g/mol. The zero-order valence-electron chi connectivity index (χ0n) is 10.2. The van der Waals surface area contributed by atoms with E-state index in [2.05, 4.69) is 10.5 Å². The Labute approximate surface area is 113 Å². The van der Waals surface area contributed by atoms with Crippen molar-refractivity contribution in [2.75, 3.05) is 11.5 Å². The minimum atomic E-state index is -1.17. The maximum absolute atomic E-state index is 12.1. The predicted octanol–water partition coefficient (Wildman–Crippen LogP) is 1.24. The Kier molecular flexibility index (Phi) is 3.00. The van der Waals surface area contributed by atoms with Crippen LogP contribution in [0.1, 0.15) is 41.4 Å². The number of nitrogens with zero attached hydrogens (tertiary/aromatic N) is 1. The van der Waals surface area contributed by atoms with Gasteiger partial charge in [-0.1, -0.05) is 5.16 Å². The van der Waals surface area contributed by atoms with E-state index in [1.807, 2.05) is 0 Å². The molecule has 2 N–H and O–H groups in total. The summed E-state index contributed by atoms with van der Waals surface area (Å²) in [4.78, 5) is 23.4. The van der Waals surface area contributed by atoms with E-state index in [4.69, 9.17) is 4.52 Å². The molecule has 6 nitrogen and oxygen atoms in total. The minimum absolute atomic E-state index is 0.166. The second kappa shape index (κ2) is 4.56. The van der Waals surface area contributed by atoms with E-state index in [1.165, 1.54) is 11.8 Å². The molecule has 1 amide bonds. The summed E-state index contributed by atoms with van der Waals surface area (Å²) in [6.07, 6.45) is 2.56. The molecule has 3 rings (SSSR count). The summed E-state index contributed by atoms with van der Waals surface area (Å²) in [7, 11) is 0. The van der Waals surface area contributed by atoms with Gasteiger partial charge < -0.3 is 14.9 Å². The second-order valence-electron chi connectivity index (χ2n) is 5.03. The van der Waals surface area contributed by atoms with Crippen molar-refractivity contribution in [3.05, 3.63) is 17.5 Å². The molecule has 19 heavy (non-hydrogen) atoms. The fourth-order valence-corrected chi connectivity index (χ4v) is 3.45. The highest BCUT2D eigenvalue weighted by atomic mass is 32.2. The van der Waals surface area contributed by atoms with Crippen LogP contribution in [0.25, 0.3) is 0 Å². The van der Waals surface area contributed by atoms with E-state index in [0.717, 1.165) is 24.4 Å². The molecular weight excluding hydrogens is 268 g/mol. The molecule has 2 fully saturated rings. The van der Waals surface area contributed by atoms with Gasteiger partial charge in [0.1, 0.15) is 11.3 Å². The highest BCUT2D eigenvalue weighted by Gasteiger charge is 2.44. The van der Waals surface area contributed by atoms with Crippen LogP contribution < -0.4 is 5.32 Å². The number of hydrogen-bond donors (Lipinski definition) is 2. The molecule has 0 aromatic carbocycles. The van der Waals surface area contributed by atoms with E-state index in [-0.39, 0.29) is 5.69 Å². The van der Waals surface area contributed by atoms with Crippen LogP contribution in [0.2, 0.25) is 0 Å². The molecule has 2 heterocycles. The number of rotatable bonds is 4. The van der Waals surface area contributed by atoms with E-state index >= 15 is 0 Å². The Hall–Kier alpha value is -1.50. The summed E-state index contributed by atoms with van der Waals surface area (Å²) < 4.78 is 5.10. The normalized spacial score (nSPS) is 26.3. The van der Waals surface area contributed by atoms with Crippen LogP contribution in [0.4, 0.5) is 0 Å². The van der Waals surface area contributed by atoms with Crippen LogP contribution in [-0.2, 0) is 4.79 Å². The number of carbonyl (C=O) groups excluding carboxylic acids is 1. The summed E-state index contributed by atoms with van der Waals surface area (Å²) in [5.41, 5.74) is -1.00. The molecule has 1 saturated carbocycles. The zero-order valence-corrected chi connectivity index (χ0v) is 11.0. The van der Waals surface area contributed by atoms with E-state index in [0.29, 0.717) is 18.1 Å². The summed E-state index contributed by atoms with van der Waals surface area (Å²) in [6.45, 7) is 0. The summed E-state index contributed by atoms with van der Waals surface area (Å²) in [6, 6.07) is 1.62. The van der Waals surface area contributed by atoms with Crippen LogP contribution in [0.5, 0.6) is 0 Å². The Morgan fingerprint density at radius 2 is 2.32 bits per heavy atom. The summed E-state index contributed by atoms with van der Waals surface area (Å²) >= 11 is 1.53. The largest absolute Gasteiger partial charge is 0.479 e. The van der Waals surface area contributed by atoms with Crippen molar-refractivity contribution in [2.24, 2.45) is 0 Å². The standard InChI is InChI=1S/C12H14N2O4S/c15-10(8-5-9(18-14-8)7-1-2-7)13-12(11(16)17)3-4-19-6-12/h5,7H,1-4,6H2,(H,13,15)(H,16,17)/t12-/m0/s1. The number of amides is 1. The van der Waals surface area contributed by atoms with Gasteiger partial charge >= 0.3 is 5.97 Å². The first-order valence-electron chi connectivity index (χ1n) is 6.21. The molecule has 1 aliphatic heterocycles. The highest BCUT2D eigenvalue weighted by Crippen LogP contribution is 2.40.